The number of para-hydroxylation sites is 2. The van der Waals surface area contributed by atoms with E-state index in [0.717, 1.165) is 36.0 Å². The van der Waals surface area contributed by atoms with Crippen LogP contribution in [-0.4, -0.2) is 33.2 Å². The summed E-state index contributed by atoms with van der Waals surface area (Å²) in [6.07, 6.45) is 2.03. The third kappa shape index (κ3) is 3.82. The molecule has 3 heterocycles. The third-order valence-corrected chi connectivity index (χ3v) is 5.85. The summed E-state index contributed by atoms with van der Waals surface area (Å²) in [6, 6.07) is 14.9. The summed E-state index contributed by atoms with van der Waals surface area (Å²) < 4.78 is 7.66. The number of anilines is 1. The van der Waals surface area contributed by atoms with E-state index in [1.807, 2.05) is 41.0 Å². The normalized spacial score (nSPS) is 16.2. The molecule has 1 aliphatic heterocycles. The highest BCUT2D eigenvalue weighted by atomic mass is 35.5. The lowest BCUT2D eigenvalue weighted by atomic mass is 10.2. The first-order valence-electron chi connectivity index (χ1n) is 10.3. The molecule has 0 saturated carbocycles. The molecule has 158 valence electrons. The van der Waals surface area contributed by atoms with Gasteiger partial charge in [-0.1, -0.05) is 35.9 Å². The number of fused-ring (bicyclic) bond motifs is 2. The summed E-state index contributed by atoms with van der Waals surface area (Å²) >= 11 is 5.94. The Hall–Kier alpha value is -3.16. The molecular weight excluding hydrogens is 414 g/mol. The van der Waals surface area contributed by atoms with E-state index in [1.54, 1.807) is 12.1 Å². The fourth-order valence-corrected chi connectivity index (χ4v) is 4.12. The van der Waals surface area contributed by atoms with Crippen molar-refractivity contribution in [2.24, 2.45) is 0 Å². The van der Waals surface area contributed by atoms with Gasteiger partial charge in [0.2, 0.25) is 0 Å². The van der Waals surface area contributed by atoms with Crippen molar-refractivity contribution in [3.63, 3.8) is 0 Å². The van der Waals surface area contributed by atoms with Crippen molar-refractivity contribution >= 4 is 45.5 Å². The molecule has 0 aliphatic carbocycles. The largest absolute Gasteiger partial charge is 0.384 e. The second kappa shape index (κ2) is 8.17. The van der Waals surface area contributed by atoms with E-state index in [9.17, 15) is 4.79 Å². The molecule has 0 unspecified atom stereocenters. The summed E-state index contributed by atoms with van der Waals surface area (Å²) in [5, 5.41) is 3.60. The molecule has 1 aliphatic rings. The van der Waals surface area contributed by atoms with E-state index in [4.69, 9.17) is 32.0 Å². The number of amides is 1. The second-order valence-corrected chi connectivity index (χ2v) is 8.14. The van der Waals surface area contributed by atoms with Crippen LogP contribution in [0.25, 0.3) is 22.2 Å². The van der Waals surface area contributed by atoms with E-state index in [0.29, 0.717) is 40.7 Å². The maximum atomic E-state index is 13.2. The van der Waals surface area contributed by atoms with Gasteiger partial charge in [-0.3, -0.25) is 4.79 Å². The van der Waals surface area contributed by atoms with Crippen LogP contribution in [0.1, 0.15) is 28.8 Å². The van der Waals surface area contributed by atoms with Gasteiger partial charge in [0.1, 0.15) is 16.9 Å². The molecule has 0 spiro atoms. The van der Waals surface area contributed by atoms with Crippen molar-refractivity contribution in [2.45, 2.75) is 32.0 Å². The molecule has 7 nitrogen and oxygen atoms in total. The van der Waals surface area contributed by atoms with Crippen molar-refractivity contribution in [3.8, 4) is 0 Å². The average molecular weight is 436 g/mol. The average Bonchev–Trinajstić information content (AvgIpc) is 3.38. The summed E-state index contributed by atoms with van der Waals surface area (Å²) in [5.74, 6) is 0.0718. The Morgan fingerprint density at radius 1 is 1.16 bits per heavy atom. The standard InChI is InChI=1S/C23H22ClN5O2/c24-15-9-7-14(8-10-15)12-26-23(30)19-20-22(28-18-6-2-1-5-17(18)27-20)29(21(19)25)13-16-4-3-11-31-16/h1-2,5-10,16H,3-4,11-13,25H2,(H,26,30)/t16-/m1/s1. The van der Waals surface area contributed by atoms with E-state index in [-0.39, 0.29) is 12.0 Å². The summed E-state index contributed by atoms with van der Waals surface area (Å²) in [4.78, 5) is 22.7. The SMILES string of the molecule is Nc1c(C(=O)NCc2ccc(Cl)cc2)c2nc3ccccc3nc2n1C[C@H]1CCCO1. The Kier molecular flexibility index (Phi) is 5.21. The Balaban J connectivity index is 1.55. The summed E-state index contributed by atoms with van der Waals surface area (Å²) in [7, 11) is 0. The van der Waals surface area contributed by atoms with Crippen molar-refractivity contribution in [3.05, 3.63) is 64.7 Å². The number of aromatic nitrogens is 3. The first kappa shape index (κ1) is 19.8. The van der Waals surface area contributed by atoms with Crippen LogP contribution in [0.2, 0.25) is 5.02 Å². The fraction of sp³-hybridized carbons (Fsp3) is 0.261. The number of benzene rings is 2. The van der Waals surface area contributed by atoms with Gasteiger partial charge >= 0.3 is 0 Å². The number of nitrogens with zero attached hydrogens (tertiary/aromatic N) is 3. The van der Waals surface area contributed by atoms with Crippen LogP contribution in [0.5, 0.6) is 0 Å². The van der Waals surface area contributed by atoms with Crippen LogP contribution in [0, 0.1) is 0 Å². The number of nitrogen functional groups attached to an aromatic ring is 1. The topological polar surface area (TPSA) is 95.1 Å². The van der Waals surface area contributed by atoms with Gasteiger partial charge in [0, 0.05) is 18.2 Å². The first-order chi connectivity index (χ1) is 15.1. The molecule has 2 aromatic heterocycles. The molecule has 1 atom stereocenters. The number of carbonyl (C=O) groups excluding carboxylic acids is 1. The summed E-state index contributed by atoms with van der Waals surface area (Å²) in [5.41, 5.74) is 10.4. The maximum absolute atomic E-state index is 13.2. The summed E-state index contributed by atoms with van der Waals surface area (Å²) in [6.45, 7) is 1.64. The molecule has 8 heteroatoms. The molecule has 3 N–H and O–H groups in total. The van der Waals surface area contributed by atoms with Crippen molar-refractivity contribution in [1.82, 2.24) is 19.9 Å². The third-order valence-electron chi connectivity index (χ3n) is 5.60. The monoisotopic (exact) mass is 435 g/mol. The molecule has 1 saturated heterocycles. The highest BCUT2D eigenvalue weighted by Gasteiger charge is 2.26. The number of ether oxygens (including phenoxy) is 1. The molecule has 1 fully saturated rings. The lowest BCUT2D eigenvalue weighted by Gasteiger charge is -2.13. The quantitative estimate of drug-likeness (QED) is 0.495. The van der Waals surface area contributed by atoms with Gasteiger partial charge in [-0.2, -0.15) is 0 Å². The van der Waals surface area contributed by atoms with Crippen LogP contribution in [-0.2, 0) is 17.8 Å². The van der Waals surface area contributed by atoms with Gasteiger partial charge in [-0.15, -0.1) is 0 Å². The molecule has 31 heavy (non-hydrogen) atoms. The van der Waals surface area contributed by atoms with Crippen molar-refractivity contribution in [1.29, 1.82) is 0 Å². The molecule has 5 rings (SSSR count). The van der Waals surface area contributed by atoms with Crippen LogP contribution in [0.4, 0.5) is 5.82 Å². The van der Waals surface area contributed by atoms with Crippen molar-refractivity contribution in [2.75, 3.05) is 12.3 Å². The Morgan fingerprint density at radius 3 is 2.61 bits per heavy atom. The Morgan fingerprint density at radius 2 is 1.90 bits per heavy atom. The highest BCUT2D eigenvalue weighted by Crippen LogP contribution is 2.29. The second-order valence-electron chi connectivity index (χ2n) is 7.70. The molecule has 2 aromatic carbocycles. The minimum atomic E-state index is -0.284. The smallest absolute Gasteiger partial charge is 0.257 e. The Labute approximate surface area is 184 Å². The zero-order chi connectivity index (χ0) is 21.4. The van der Waals surface area contributed by atoms with Crippen LogP contribution < -0.4 is 11.1 Å². The predicted octanol–water partition coefficient (Wildman–Crippen LogP) is 3.93. The lowest BCUT2D eigenvalue weighted by Crippen LogP contribution is -2.24. The van der Waals surface area contributed by atoms with E-state index >= 15 is 0 Å². The van der Waals surface area contributed by atoms with Gasteiger partial charge < -0.3 is 20.4 Å². The lowest BCUT2D eigenvalue weighted by molar-refractivity contribution is 0.0947. The number of carbonyl (C=O) groups is 1. The molecule has 4 aromatic rings. The van der Waals surface area contributed by atoms with Crippen LogP contribution in [0.3, 0.4) is 0 Å². The number of nitrogens with one attached hydrogen (secondary N) is 1. The van der Waals surface area contributed by atoms with Crippen LogP contribution >= 0.6 is 11.6 Å². The van der Waals surface area contributed by atoms with Gasteiger partial charge in [0.15, 0.2) is 5.65 Å². The minimum Gasteiger partial charge on any atom is -0.384 e. The number of hydrogen-bond donors (Lipinski definition) is 2. The van der Waals surface area contributed by atoms with Gasteiger partial charge in [-0.05, 0) is 42.7 Å². The number of rotatable bonds is 5. The van der Waals surface area contributed by atoms with E-state index in [2.05, 4.69) is 5.32 Å². The predicted molar refractivity (Wildman–Crippen MR) is 121 cm³/mol. The van der Waals surface area contributed by atoms with E-state index in [1.165, 1.54) is 0 Å². The zero-order valence-electron chi connectivity index (χ0n) is 16.8. The molecule has 0 radical (unpaired) electrons. The zero-order valence-corrected chi connectivity index (χ0v) is 17.6. The van der Waals surface area contributed by atoms with Crippen LogP contribution in [0.15, 0.2) is 48.5 Å². The van der Waals surface area contributed by atoms with Gasteiger partial charge in [-0.25, -0.2) is 9.97 Å². The molecule has 1 amide bonds. The molecule has 0 bridgehead atoms. The highest BCUT2D eigenvalue weighted by molar-refractivity contribution is 6.30. The van der Waals surface area contributed by atoms with Gasteiger partial charge in [0.05, 0.1) is 23.7 Å². The Bertz CT molecular complexity index is 1260. The number of halogens is 1. The van der Waals surface area contributed by atoms with Crippen molar-refractivity contribution < 1.29 is 9.53 Å². The fourth-order valence-electron chi connectivity index (χ4n) is 3.99. The minimum absolute atomic E-state index is 0.0520. The number of nitrogens with two attached hydrogens (primary N) is 1. The molecular formula is C23H22ClN5O2. The first-order valence-corrected chi connectivity index (χ1v) is 10.7. The number of hydrogen-bond acceptors (Lipinski definition) is 5. The van der Waals surface area contributed by atoms with E-state index < -0.39 is 0 Å². The van der Waals surface area contributed by atoms with Gasteiger partial charge in [0.25, 0.3) is 5.91 Å². The maximum Gasteiger partial charge on any atom is 0.257 e.